The van der Waals surface area contributed by atoms with Gasteiger partial charge in [-0.05, 0) is 94.3 Å². The molecule has 8 heteroatoms. The van der Waals surface area contributed by atoms with Gasteiger partial charge in [-0.25, -0.2) is 9.69 Å². The molecule has 7 nitrogen and oxygen atoms in total. The quantitative estimate of drug-likeness (QED) is 0.352. The lowest BCUT2D eigenvalue weighted by Gasteiger charge is -2.26. The van der Waals surface area contributed by atoms with Crippen LogP contribution in [-0.4, -0.2) is 35.5 Å². The number of carbonyl (C=O) groups excluding carboxylic acids is 3. The number of hydrogen-bond donors (Lipinski definition) is 1. The Morgan fingerprint density at radius 1 is 0.917 bits per heavy atom. The van der Waals surface area contributed by atoms with E-state index < -0.39 is 17.8 Å². The molecule has 0 radical (unpaired) electrons. The Balaban J connectivity index is 1.71. The largest absolute Gasteiger partial charge is 0.372 e. The first-order valence-electron chi connectivity index (χ1n) is 11.9. The van der Waals surface area contributed by atoms with E-state index in [1.165, 1.54) is 12.1 Å². The van der Waals surface area contributed by atoms with Crippen LogP contribution < -0.4 is 15.1 Å². The summed E-state index contributed by atoms with van der Waals surface area (Å²) >= 11 is 6.21. The summed E-state index contributed by atoms with van der Waals surface area (Å²) < 4.78 is 2.08. The van der Waals surface area contributed by atoms with Gasteiger partial charge in [-0.15, -0.1) is 0 Å². The molecule has 1 aromatic heterocycles. The molecule has 186 valence electrons. The average Bonchev–Trinajstić information content (AvgIpc) is 3.12. The standard InChI is InChI=1S/C28H29ClN4O3/c1-6-31(7-2)21-10-12-22(13-11-21)32-18(4)14-20(19(32)5)15-24-26(34)30-28(36)33(27(24)35)23-9-8-17(3)25(29)16-23/h8-16H,6-7H2,1-5H3,(H,30,34,36)/b24-15-. The summed E-state index contributed by atoms with van der Waals surface area (Å²) in [4.78, 5) is 41.7. The Morgan fingerprint density at radius 3 is 2.17 bits per heavy atom. The molecule has 3 aromatic rings. The van der Waals surface area contributed by atoms with E-state index >= 15 is 0 Å². The number of amides is 4. The van der Waals surface area contributed by atoms with E-state index in [0.717, 1.165) is 51.9 Å². The van der Waals surface area contributed by atoms with Crippen LogP contribution in [0.3, 0.4) is 0 Å². The van der Waals surface area contributed by atoms with E-state index in [1.807, 2.05) is 26.8 Å². The predicted octanol–water partition coefficient (Wildman–Crippen LogP) is 5.57. The van der Waals surface area contributed by atoms with Gasteiger partial charge in [0.05, 0.1) is 5.69 Å². The van der Waals surface area contributed by atoms with Crippen LogP contribution in [0, 0.1) is 20.8 Å². The number of anilines is 2. The minimum atomic E-state index is -0.805. The third-order valence-electron chi connectivity index (χ3n) is 6.52. The lowest BCUT2D eigenvalue weighted by atomic mass is 10.1. The third kappa shape index (κ3) is 4.54. The van der Waals surface area contributed by atoms with E-state index in [0.29, 0.717) is 10.7 Å². The lowest BCUT2D eigenvalue weighted by Crippen LogP contribution is -2.54. The number of nitrogens with one attached hydrogen (secondary N) is 1. The first-order valence-corrected chi connectivity index (χ1v) is 12.3. The molecule has 1 fully saturated rings. The van der Waals surface area contributed by atoms with Crippen molar-refractivity contribution in [2.45, 2.75) is 34.6 Å². The van der Waals surface area contributed by atoms with Gasteiger partial charge in [0.1, 0.15) is 5.57 Å². The first kappa shape index (κ1) is 25.3. The molecule has 36 heavy (non-hydrogen) atoms. The molecule has 1 N–H and O–H groups in total. The molecule has 1 aliphatic rings. The van der Waals surface area contributed by atoms with Crippen LogP contribution in [0.2, 0.25) is 5.02 Å². The van der Waals surface area contributed by atoms with Gasteiger partial charge in [0.2, 0.25) is 0 Å². The zero-order valence-electron chi connectivity index (χ0n) is 21.1. The minimum Gasteiger partial charge on any atom is -0.372 e. The van der Waals surface area contributed by atoms with Crippen LogP contribution in [0.15, 0.2) is 54.1 Å². The maximum atomic E-state index is 13.3. The second-order valence-electron chi connectivity index (χ2n) is 8.74. The fourth-order valence-electron chi connectivity index (χ4n) is 4.50. The fraction of sp³-hybridized carbons (Fsp3) is 0.250. The molecule has 1 saturated heterocycles. The highest BCUT2D eigenvalue weighted by molar-refractivity contribution is 6.39. The summed E-state index contributed by atoms with van der Waals surface area (Å²) in [6, 6.07) is 14.3. The van der Waals surface area contributed by atoms with Gasteiger partial charge in [-0.3, -0.25) is 14.9 Å². The molecule has 0 saturated carbocycles. The van der Waals surface area contributed by atoms with E-state index in [2.05, 4.69) is 52.9 Å². The third-order valence-corrected chi connectivity index (χ3v) is 6.93. The highest BCUT2D eigenvalue weighted by atomic mass is 35.5. The van der Waals surface area contributed by atoms with Gasteiger partial charge < -0.3 is 9.47 Å². The number of aromatic nitrogens is 1. The number of benzene rings is 2. The van der Waals surface area contributed by atoms with E-state index in [-0.39, 0.29) is 5.57 Å². The molecule has 0 spiro atoms. The SMILES string of the molecule is CCN(CC)c1ccc(-n2c(C)cc(/C=C3/C(=O)NC(=O)N(c4ccc(C)c(Cl)c4)C3=O)c2C)cc1. The molecule has 4 rings (SSSR count). The smallest absolute Gasteiger partial charge is 0.335 e. The maximum absolute atomic E-state index is 13.3. The summed E-state index contributed by atoms with van der Waals surface area (Å²) in [7, 11) is 0. The van der Waals surface area contributed by atoms with Gasteiger partial charge >= 0.3 is 6.03 Å². The van der Waals surface area contributed by atoms with E-state index in [9.17, 15) is 14.4 Å². The molecule has 1 aliphatic heterocycles. The molecule has 0 atom stereocenters. The Hall–Kier alpha value is -3.84. The number of barbiturate groups is 1. The van der Waals surface area contributed by atoms with Crippen molar-refractivity contribution in [2.75, 3.05) is 22.9 Å². The second-order valence-corrected chi connectivity index (χ2v) is 9.15. The highest BCUT2D eigenvalue weighted by Gasteiger charge is 2.37. The maximum Gasteiger partial charge on any atom is 0.335 e. The monoisotopic (exact) mass is 504 g/mol. The van der Waals surface area contributed by atoms with Crippen molar-refractivity contribution >= 4 is 46.9 Å². The predicted molar refractivity (Wildman–Crippen MR) is 144 cm³/mol. The van der Waals surface area contributed by atoms with Gasteiger partial charge in [-0.1, -0.05) is 17.7 Å². The van der Waals surface area contributed by atoms with Crippen molar-refractivity contribution in [3.8, 4) is 5.69 Å². The summed E-state index contributed by atoms with van der Waals surface area (Å²) in [5, 5.41) is 2.69. The average molecular weight is 505 g/mol. The molecular weight excluding hydrogens is 476 g/mol. The van der Waals surface area contributed by atoms with Crippen molar-refractivity contribution < 1.29 is 14.4 Å². The lowest BCUT2D eigenvalue weighted by molar-refractivity contribution is -0.122. The van der Waals surface area contributed by atoms with Crippen molar-refractivity contribution in [1.82, 2.24) is 9.88 Å². The Bertz CT molecular complexity index is 1380. The number of nitrogens with zero attached hydrogens (tertiary/aromatic N) is 3. The summed E-state index contributed by atoms with van der Waals surface area (Å²) in [6.45, 7) is 11.8. The van der Waals surface area contributed by atoms with Gasteiger partial charge in [0, 0.05) is 40.9 Å². The Labute approximate surface area is 216 Å². The molecule has 4 amide bonds. The number of carbonyl (C=O) groups is 3. The van der Waals surface area contributed by atoms with Crippen molar-refractivity contribution in [2.24, 2.45) is 0 Å². The first-order chi connectivity index (χ1) is 17.2. The Kier molecular flexibility index (Phi) is 7.04. The number of imide groups is 2. The normalized spacial score (nSPS) is 15.0. The number of rotatable bonds is 6. The van der Waals surface area contributed by atoms with Crippen LogP contribution in [0.5, 0.6) is 0 Å². The zero-order chi connectivity index (χ0) is 26.1. The number of aryl methyl sites for hydroxylation is 2. The van der Waals surface area contributed by atoms with Crippen molar-refractivity contribution in [1.29, 1.82) is 0 Å². The minimum absolute atomic E-state index is 0.122. The summed E-state index contributed by atoms with van der Waals surface area (Å²) in [6.07, 6.45) is 1.54. The van der Waals surface area contributed by atoms with E-state index in [4.69, 9.17) is 11.6 Å². The molecular formula is C28H29ClN4O3. The Morgan fingerprint density at radius 2 is 1.56 bits per heavy atom. The summed E-state index contributed by atoms with van der Waals surface area (Å²) in [5.74, 6) is -1.43. The topological polar surface area (TPSA) is 74.7 Å². The molecule has 2 aromatic carbocycles. The van der Waals surface area contributed by atoms with Crippen LogP contribution in [-0.2, 0) is 9.59 Å². The van der Waals surface area contributed by atoms with Crippen LogP contribution in [0.25, 0.3) is 11.8 Å². The van der Waals surface area contributed by atoms with Crippen molar-refractivity contribution in [3.05, 3.63) is 81.6 Å². The van der Waals surface area contributed by atoms with Gasteiger partial charge in [0.15, 0.2) is 0 Å². The van der Waals surface area contributed by atoms with Crippen molar-refractivity contribution in [3.63, 3.8) is 0 Å². The zero-order valence-corrected chi connectivity index (χ0v) is 21.8. The van der Waals surface area contributed by atoms with Crippen LogP contribution in [0.1, 0.15) is 36.4 Å². The highest BCUT2D eigenvalue weighted by Crippen LogP contribution is 2.29. The fourth-order valence-corrected chi connectivity index (χ4v) is 4.68. The number of halogens is 1. The second kappa shape index (κ2) is 10.0. The molecule has 0 unspecified atom stereocenters. The number of hydrogen-bond acceptors (Lipinski definition) is 4. The summed E-state index contributed by atoms with van der Waals surface area (Å²) in [5.41, 5.74) is 5.67. The molecule has 0 bridgehead atoms. The molecule has 0 aliphatic carbocycles. The van der Waals surface area contributed by atoms with E-state index in [1.54, 1.807) is 12.1 Å². The van der Waals surface area contributed by atoms with Crippen LogP contribution in [0.4, 0.5) is 16.2 Å². The number of urea groups is 1. The van der Waals surface area contributed by atoms with Crippen LogP contribution >= 0.6 is 11.6 Å². The van der Waals surface area contributed by atoms with Gasteiger partial charge in [-0.2, -0.15) is 0 Å². The molecule has 2 heterocycles. The van der Waals surface area contributed by atoms with Gasteiger partial charge in [0.25, 0.3) is 11.8 Å².